The van der Waals surface area contributed by atoms with Crippen molar-refractivity contribution in [2.24, 2.45) is 5.92 Å². The summed E-state index contributed by atoms with van der Waals surface area (Å²) < 4.78 is 65.4. The van der Waals surface area contributed by atoms with E-state index in [1.807, 2.05) is 6.92 Å². The molecule has 2 atom stereocenters. The van der Waals surface area contributed by atoms with E-state index in [1.54, 1.807) is 12.1 Å². The van der Waals surface area contributed by atoms with E-state index < -0.39 is 29.4 Å². The van der Waals surface area contributed by atoms with Crippen molar-refractivity contribution in [3.05, 3.63) is 57.7 Å². The van der Waals surface area contributed by atoms with Crippen molar-refractivity contribution in [1.82, 2.24) is 0 Å². The first-order chi connectivity index (χ1) is 15.0. The van der Waals surface area contributed by atoms with Gasteiger partial charge in [-0.15, -0.1) is 0 Å². The van der Waals surface area contributed by atoms with Gasteiger partial charge < -0.3 is 4.74 Å². The number of benzene rings is 2. The van der Waals surface area contributed by atoms with Crippen molar-refractivity contribution in [1.29, 1.82) is 0 Å². The monoisotopic (exact) mass is 434 g/mol. The van der Waals surface area contributed by atoms with Crippen LogP contribution in [0.25, 0.3) is 11.1 Å². The molecule has 1 heterocycles. The van der Waals surface area contributed by atoms with Gasteiger partial charge in [0.15, 0.2) is 23.3 Å². The van der Waals surface area contributed by atoms with Crippen molar-refractivity contribution in [2.45, 2.75) is 77.7 Å². The molecule has 0 spiro atoms. The van der Waals surface area contributed by atoms with E-state index in [0.29, 0.717) is 42.9 Å². The lowest BCUT2D eigenvalue weighted by Crippen LogP contribution is -2.22. The first kappa shape index (κ1) is 22.3. The Bertz CT molecular complexity index is 961. The molecule has 2 aliphatic rings. The number of halogens is 4. The van der Waals surface area contributed by atoms with Crippen LogP contribution in [0.1, 0.15) is 87.2 Å². The quantitative estimate of drug-likeness (QED) is 0.272. The SMILES string of the molecule is CCCCCC1CCC(c2cc3c(c(F)c2F)-c2c(cc(CCC)c(F)c2F)C3)OC1. The van der Waals surface area contributed by atoms with Crippen LogP contribution >= 0.6 is 0 Å². The van der Waals surface area contributed by atoms with Crippen molar-refractivity contribution < 1.29 is 22.3 Å². The molecule has 1 aliphatic carbocycles. The van der Waals surface area contributed by atoms with Gasteiger partial charge in [-0.3, -0.25) is 0 Å². The number of hydrogen-bond donors (Lipinski definition) is 0. The zero-order valence-corrected chi connectivity index (χ0v) is 18.3. The predicted octanol–water partition coefficient (Wildman–Crippen LogP) is 7.81. The van der Waals surface area contributed by atoms with Crippen LogP contribution in [0.15, 0.2) is 12.1 Å². The average molecular weight is 435 g/mol. The molecule has 0 N–H and O–H groups in total. The summed E-state index contributed by atoms with van der Waals surface area (Å²) in [7, 11) is 0. The zero-order chi connectivity index (χ0) is 22.1. The zero-order valence-electron chi connectivity index (χ0n) is 18.3. The van der Waals surface area contributed by atoms with E-state index in [9.17, 15) is 8.78 Å². The van der Waals surface area contributed by atoms with Crippen LogP contribution in [0.4, 0.5) is 17.6 Å². The van der Waals surface area contributed by atoms with Crippen molar-refractivity contribution in [2.75, 3.05) is 6.61 Å². The van der Waals surface area contributed by atoms with Crippen molar-refractivity contribution in [3.8, 4) is 11.1 Å². The number of fused-ring (bicyclic) bond motifs is 3. The summed E-state index contributed by atoms with van der Waals surface area (Å²) in [5, 5.41) is 0. The van der Waals surface area contributed by atoms with Crippen LogP contribution < -0.4 is 0 Å². The van der Waals surface area contributed by atoms with Gasteiger partial charge >= 0.3 is 0 Å². The fraction of sp³-hybridized carbons (Fsp3) is 0.538. The van der Waals surface area contributed by atoms with Crippen molar-refractivity contribution >= 4 is 0 Å². The van der Waals surface area contributed by atoms with Crippen LogP contribution in [0.2, 0.25) is 0 Å². The molecule has 0 radical (unpaired) electrons. The topological polar surface area (TPSA) is 9.23 Å². The van der Waals surface area contributed by atoms with Gasteiger partial charge in [0.1, 0.15) is 0 Å². The Morgan fingerprint density at radius 3 is 2.19 bits per heavy atom. The van der Waals surface area contributed by atoms with Gasteiger partial charge in [0.05, 0.1) is 12.7 Å². The van der Waals surface area contributed by atoms with Crippen LogP contribution in [0.3, 0.4) is 0 Å². The molecule has 1 fully saturated rings. The van der Waals surface area contributed by atoms with Gasteiger partial charge in [-0.05, 0) is 60.8 Å². The Kier molecular flexibility index (Phi) is 6.71. The Morgan fingerprint density at radius 2 is 1.55 bits per heavy atom. The first-order valence-electron chi connectivity index (χ1n) is 11.6. The summed E-state index contributed by atoms with van der Waals surface area (Å²) in [6.07, 6.45) is 7.05. The lowest BCUT2D eigenvalue weighted by Gasteiger charge is -2.30. The van der Waals surface area contributed by atoms with Crippen LogP contribution in [-0.4, -0.2) is 6.61 Å². The molecule has 5 heteroatoms. The van der Waals surface area contributed by atoms with Gasteiger partial charge in [0, 0.05) is 16.7 Å². The third-order valence-corrected chi connectivity index (χ3v) is 6.76. The molecule has 0 saturated carbocycles. The highest BCUT2D eigenvalue weighted by atomic mass is 19.2. The Balaban J connectivity index is 1.60. The Hall–Kier alpha value is -1.88. The minimum atomic E-state index is -1.10. The van der Waals surface area contributed by atoms with Crippen LogP contribution in [0.5, 0.6) is 0 Å². The standard InChI is InChI=1S/C26H30F4O/c1-3-5-6-8-15-9-10-20(31-14-15)19-13-18-12-17-11-16(7-4-2)23(27)25(29)21(17)22(18)26(30)24(19)28/h11,13,15,20H,3-10,12,14H2,1-2H3. The fourth-order valence-corrected chi connectivity index (χ4v) is 5.11. The molecule has 2 aromatic carbocycles. The largest absolute Gasteiger partial charge is 0.373 e. The van der Waals surface area contributed by atoms with Gasteiger partial charge in [-0.25, -0.2) is 17.6 Å². The molecule has 1 aliphatic heterocycles. The second-order valence-corrected chi connectivity index (χ2v) is 9.01. The van der Waals surface area contributed by atoms with E-state index >= 15 is 8.78 Å². The maximum atomic E-state index is 15.1. The summed E-state index contributed by atoms with van der Waals surface area (Å²) >= 11 is 0. The summed E-state index contributed by atoms with van der Waals surface area (Å²) in [6, 6.07) is 3.21. The third-order valence-electron chi connectivity index (χ3n) is 6.76. The molecule has 1 nitrogen and oxygen atoms in total. The number of rotatable bonds is 7. The van der Waals surface area contributed by atoms with Gasteiger partial charge in [-0.1, -0.05) is 45.6 Å². The predicted molar refractivity (Wildman–Crippen MR) is 114 cm³/mol. The number of ether oxygens (including phenoxy) is 1. The minimum Gasteiger partial charge on any atom is -0.373 e. The lowest BCUT2D eigenvalue weighted by molar-refractivity contribution is -0.0218. The summed E-state index contributed by atoms with van der Waals surface area (Å²) in [5.74, 6) is -3.67. The van der Waals surface area contributed by atoms with E-state index in [2.05, 4.69) is 6.92 Å². The van der Waals surface area contributed by atoms with Crippen LogP contribution in [0, 0.1) is 29.2 Å². The first-order valence-corrected chi connectivity index (χ1v) is 11.6. The van der Waals surface area contributed by atoms with E-state index in [-0.39, 0.29) is 28.7 Å². The van der Waals surface area contributed by atoms with Crippen LogP contribution in [-0.2, 0) is 17.6 Å². The lowest BCUT2D eigenvalue weighted by atomic mass is 9.89. The van der Waals surface area contributed by atoms with Crippen molar-refractivity contribution in [3.63, 3.8) is 0 Å². The number of aryl methyl sites for hydroxylation is 1. The molecule has 0 amide bonds. The summed E-state index contributed by atoms with van der Waals surface area (Å²) in [4.78, 5) is 0. The summed E-state index contributed by atoms with van der Waals surface area (Å²) in [5.41, 5.74) is 1.25. The second-order valence-electron chi connectivity index (χ2n) is 9.01. The van der Waals surface area contributed by atoms with E-state index in [1.165, 1.54) is 12.8 Å². The maximum Gasteiger partial charge on any atom is 0.167 e. The molecule has 31 heavy (non-hydrogen) atoms. The molecule has 0 aromatic heterocycles. The highest BCUT2D eigenvalue weighted by Crippen LogP contribution is 2.45. The summed E-state index contributed by atoms with van der Waals surface area (Å²) in [6.45, 7) is 4.61. The molecule has 0 bridgehead atoms. The number of hydrogen-bond acceptors (Lipinski definition) is 1. The molecule has 2 aromatic rings. The molecule has 168 valence electrons. The molecular formula is C26H30F4O. The minimum absolute atomic E-state index is 0.129. The molecule has 2 unspecified atom stereocenters. The smallest absolute Gasteiger partial charge is 0.167 e. The fourth-order valence-electron chi connectivity index (χ4n) is 5.11. The van der Waals surface area contributed by atoms with E-state index in [0.717, 1.165) is 19.3 Å². The van der Waals surface area contributed by atoms with E-state index in [4.69, 9.17) is 4.74 Å². The van der Waals surface area contributed by atoms with Gasteiger partial charge in [0.25, 0.3) is 0 Å². The molecular weight excluding hydrogens is 404 g/mol. The normalized spacial score (nSPS) is 20.1. The Morgan fingerprint density at radius 1 is 0.839 bits per heavy atom. The maximum absolute atomic E-state index is 15.1. The van der Waals surface area contributed by atoms with Gasteiger partial charge in [0.2, 0.25) is 0 Å². The third kappa shape index (κ3) is 4.13. The highest BCUT2D eigenvalue weighted by molar-refractivity contribution is 5.79. The molecule has 4 rings (SSSR count). The average Bonchev–Trinajstić information content (AvgIpc) is 3.14. The number of unbranched alkanes of at least 4 members (excludes halogenated alkanes) is 2. The Labute approximate surface area is 181 Å². The highest BCUT2D eigenvalue weighted by Gasteiger charge is 2.34. The second kappa shape index (κ2) is 9.32. The van der Waals surface area contributed by atoms with Gasteiger partial charge in [-0.2, -0.15) is 0 Å². The molecule has 1 saturated heterocycles.